The summed E-state index contributed by atoms with van der Waals surface area (Å²) in [6.07, 6.45) is -1.84. The van der Waals surface area contributed by atoms with Gasteiger partial charge in [0.05, 0.1) is 17.5 Å². The van der Waals surface area contributed by atoms with Crippen LogP contribution < -0.4 is 11.5 Å². The zero-order valence-electron chi connectivity index (χ0n) is 7.44. The second-order valence-electron chi connectivity index (χ2n) is 3.04. The number of hydrogen-bond acceptors (Lipinski definition) is 4. The van der Waals surface area contributed by atoms with Crippen LogP contribution in [0.5, 0.6) is 0 Å². The van der Waals surface area contributed by atoms with E-state index < -0.39 is 12.2 Å². The van der Waals surface area contributed by atoms with Crippen LogP contribution in [-0.4, -0.2) is 16.3 Å². The molecule has 0 heterocycles. The summed E-state index contributed by atoms with van der Waals surface area (Å²) in [5.41, 5.74) is 12.4. The van der Waals surface area contributed by atoms with Gasteiger partial charge in [-0.1, -0.05) is 12.1 Å². The number of nitrogen functional groups attached to an aromatic ring is 2. The molecule has 1 aromatic carbocycles. The van der Waals surface area contributed by atoms with Crippen molar-refractivity contribution in [2.24, 2.45) is 0 Å². The zero-order chi connectivity index (χ0) is 10.0. The third kappa shape index (κ3) is 1.91. The fourth-order valence-corrected chi connectivity index (χ4v) is 1.12. The van der Waals surface area contributed by atoms with E-state index in [2.05, 4.69) is 0 Å². The van der Waals surface area contributed by atoms with Crippen LogP contribution in [0.1, 0.15) is 18.6 Å². The van der Waals surface area contributed by atoms with E-state index in [0.717, 1.165) is 0 Å². The van der Waals surface area contributed by atoms with Crippen LogP contribution in [0, 0.1) is 0 Å². The molecule has 0 aliphatic carbocycles. The molecule has 4 nitrogen and oxygen atoms in total. The Morgan fingerprint density at radius 3 is 2.38 bits per heavy atom. The monoisotopic (exact) mass is 182 g/mol. The lowest BCUT2D eigenvalue weighted by molar-refractivity contribution is 0.0310. The van der Waals surface area contributed by atoms with Gasteiger partial charge in [0.2, 0.25) is 0 Å². The van der Waals surface area contributed by atoms with E-state index in [4.69, 9.17) is 16.6 Å². The lowest BCUT2D eigenvalue weighted by Crippen LogP contribution is -2.16. The molecule has 13 heavy (non-hydrogen) atoms. The number of aliphatic hydroxyl groups excluding tert-OH is 2. The first-order valence-electron chi connectivity index (χ1n) is 4.04. The van der Waals surface area contributed by atoms with Crippen molar-refractivity contribution in [3.8, 4) is 0 Å². The highest BCUT2D eigenvalue weighted by Gasteiger charge is 2.16. The van der Waals surface area contributed by atoms with E-state index >= 15 is 0 Å². The van der Waals surface area contributed by atoms with Gasteiger partial charge in [-0.15, -0.1) is 0 Å². The Morgan fingerprint density at radius 1 is 1.23 bits per heavy atom. The molecule has 1 aromatic rings. The fourth-order valence-electron chi connectivity index (χ4n) is 1.12. The summed E-state index contributed by atoms with van der Waals surface area (Å²) < 4.78 is 0. The minimum Gasteiger partial charge on any atom is -0.397 e. The van der Waals surface area contributed by atoms with Crippen LogP contribution in [0.4, 0.5) is 11.4 Å². The van der Waals surface area contributed by atoms with Gasteiger partial charge in [0.15, 0.2) is 0 Å². The van der Waals surface area contributed by atoms with Crippen molar-refractivity contribution in [3.63, 3.8) is 0 Å². The highest BCUT2D eigenvalue weighted by molar-refractivity contribution is 5.67. The van der Waals surface area contributed by atoms with Gasteiger partial charge in [0, 0.05) is 5.56 Å². The van der Waals surface area contributed by atoms with Gasteiger partial charge in [-0.25, -0.2) is 0 Å². The highest BCUT2D eigenvalue weighted by Crippen LogP contribution is 2.27. The molecule has 4 heteroatoms. The van der Waals surface area contributed by atoms with E-state index in [9.17, 15) is 5.11 Å². The molecule has 1 rings (SSSR count). The third-order valence-electron chi connectivity index (χ3n) is 1.95. The first kappa shape index (κ1) is 9.83. The molecule has 0 amide bonds. The van der Waals surface area contributed by atoms with Crippen molar-refractivity contribution in [1.29, 1.82) is 0 Å². The Kier molecular flexibility index (Phi) is 2.75. The van der Waals surface area contributed by atoms with Gasteiger partial charge in [-0.2, -0.15) is 0 Å². The lowest BCUT2D eigenvalue weighted by Gasteiger charge is -2.16. The lowest BCUT2D eigenvalue weighted by atomic mass is 10.0. The van der Waals surface area contributed by atoms with Crippen molar-refractivity contribution in [1.82, 2.24) is 0 Å². The number of para-hydroxylation sites is 1. The predicted octanol–water partition coefficient (Wildman–Crippen LogP) is 0.265. The number of anilines is 2. The maximum absolute atomic E-state index is 9.52. The molecule has 0 saturated carbocycles. The van der Waals surface area contributed by atoms with Gasteiger partial charge in [0.1, 0.15) is 6.10 Å². The minimum atomic E-state index is -0.983. The molecule has 0 aromatic heterocycles. The molecule has 6 N–H and O–H groups in total. The standard InChI is InChI=1S/C9H14N2O2/c1-5(12)9(13)6-3-2-4-7(10)8(6)11/h2-5,9,12-13H,10-11H2,1H3/t5-,9+/m0/s1. The number of benzene rings is 1. The molecular formula is C9H14N2O2. The molecule has 0 spiro atoms. The summed E-state index contributed by atoms with van der Waals surface area (Å²) in [5, 5.41) is 18.7. The molecule has 0 fully saturated rings. The van der Waals surface area contributed by atoms with Gasteiger partial charge in [0.25, 0.3) is 0 Å². The molecule has 0 radical (unpaired) electrons. The van der Waals surface area contributed by atoms with Gasteiger partial charge in [-0.05, 0) is 13.0 Å². The first-order valence-corrected chi connectivity index (χ1v) is 4.04. The van der Waals surface area contributed by atoms with E-state index in [0.29, 0.717) is 16.9 Å². The summed E-state index contributed by atoms with van der Waals surface area (Å²) >= 11 is 0. The van der Waals surface area contributed by atoms with Crippen LogP contribution in [-0.2, 0) is 0 Å². The van der Waals surface area contributed by atoms with E-state index in [-0.39, 0.29) is 0 Å². The number of nitrogens with two attached hydrogens (primary N) is 2. The second-order valence-corrected chi connectivity index (χ2v) is 3.04. The molecule has 0 saturated heterocycles. The van der Waals surface area contributed by atoms with Gasteiger partial charge in [-0.3, -0.25) is 0 Å². The summed E-state index contributed by atoms with van der Waals surface area (Å²) in [6, 6.07) is 4.98. The maximum Gasteiger partial charge on any atom is 0.107 e. The molecule has 2 atom stereocenters. The van der Waals surface area contributed by atoms with Crippen LogP contribution in [0.3, 0.4) is 0 Å². The average molecular weight is 182 g/mol. The summed E-state index contributed by atoms with van der Waals surface area (Å²) in [5.74, 6) is 0. The highest BCUT2D eigenvalue weighted by atomic mass is 16.3. The van der Waals surface area contributed by atoms with E-state index in [1.165, 1.54) is 6.92 Å². The first-order chi connectivity index (χ1) is 6.04. The zero-order valence-corrected chi connectivity index (χ0v) is 7.44. The normalized spacial score (nSPS) is 15.3. The average Bonchev–Trinajstić information content (AvgIpc) is 2.08. The van der Waals surface area contributed by atoms with Crippen molar-refractivity contribution in [2.75, 3.05) is 11.5 Å². The minimum absolute atomic E-state index is 0.330. The van der Waals surface area contributed by atoms with Crippen LogP contribution in [0.25, 0.3) is 0 Å². The number of hydrogen-bond donors (Lipinski definition) is 4. The number of aliphatic hydroxyl groups is 2. The molecule has 0 aliphatic rings. The smallest absolute Gasteiger partial charge is 0.107 e. The van der Waals surface area contributed by atoms with Crippen LogP contribution in [0.2, 0.25) is 0 Å². The second kappa shape index (κ2) is 3.64. The largest absolute Gasteiger partial charge is 0.397 e. The predicted molar refractivity (Wildman–Crippen MR) is 51.9 cm³/mol. The van der Waals surface area contributed by atoms with Gasteiger partial charge >= 0.3 is 0 Å². The molecule has 72 valence electrons. The van der Waals surface area contributed by atoms with E-state index in [1.54, 1.807) is 18.2 Å². The van der Waals surface area contributed by atoms with Crippen molar-refractivity contribution < 1.29 is 10.2 Å². The Hall–Kier alpha value is -1.26. The molecule has 0 bridgehead atoms. The Balaban J connectivity index is 3.07. The third-order valence-corrected chi connectivity index (χ3v) is 1.95. The maximum atomic E-state index is 9.52. The van der Waals surface area contributed by atoms with Crippen molar-refractivity contribution in [2.45, 2.75) is 19.1 Å². The molecule has 0 aliphatic heterocycles. The summed E-state index contributed by atoms with van der Waals surface area (Å²) in [7, 11) is 0. The Morgan fingerprint density at radius 2 is 1.85 bits per heavy atom. The topological polar surface area (TPSA) is 92.5 Å². The quantitative estimate of drug-likeness (QED) is 0.494. The summed E-state index contributed by atoms with van der Waals surface area (Å²) in [4.78, 5) is 0. The summed E-state index contributed by atoms with van der Waals surface area (Å²) in [6.45, 7) is 1.49. The van der Waals surface area contributed by atoms with E-state index in [1.807, 2.05) is 0 Å². The number of rotatable bonds is 2. The Bertz CT molecular complexity index is 300. The molecule has 0 unspecified atom stereocenters. The van der Waals surface area contributed by atoms with Crippen molar-refractivity contribution >= 4 is 11.4 Å². The Labute approximate surface area is 76.8 Å². The van der Waals surface area contributed by atoms with Crippen molar-refractivity contribution in [3.05, 3.63) is 23.8 Å². The molecular weight excluding hydrogens is 168 g/mol. The van der Waals surface area contributed by atoms with Crippen LogP contribution >= 0.6 is 0 Å². The van der Waals surface area contributed by atoms with Crippen LogP contribution in [0.15, 0.2) is 18.2 Å². The van der Waals surface area contributed by atoms with Gasteiger partial charge < -0.3 is 21.7 Å². The SMILES string of the molecule is C[C@H](O)[C@@H](O)c1cccc(N)c1N. The fraction of sp³-hybridized carbons (Fsp3) is 0.333.